The number of aliphatic hydroxyl groups is 1. The van der Waals surface area contributed by atoms with Crippen LogP contribution in [0.25, 0.3) is 0 Å². The minimum absolute atomic E-state index is 0.00835. The maximum Gasteiger partial charge on any atom is 0.415 e. The quantitative estimate of drug-likeness (QED) is 0.398. The van der Waals surface area contributed by atoms with Crippen LogP contribution in [-0.4, -0.2) is 49.6 Å². The highest BCUT2D eigenvalue weighted by molar-refractivity contribution is 7.92. The molecule has 34 heavy (non-hydrogen) atoms. The molecule has 0 saturated heterocycles. The fraction of sp³-hybridized carbons (Fsp3) is 0.458. The number of nitrogens with one attached hydrogen (secondary N) is 2. The molecule has 184 valence electrons. The van der Waals surface area contributed by atoms with Crippen molar-refractivity contribution in [1.29, 1.82) is 0 Å². The number of amides is 1. The van der Waals surface area contributed by atoms with Crippen molar-refractivity contribution >= 4 is 27.5 Å². The summed E-state index contributed by atoms with van der Waals surface area (Å²) in [6, 6.07) is 12.1. The number of carbonyl (C=O) groups excluding carboxylic acids is 1. The minimum atomic E-state index is -3.57. The zero-order valence-electron chi connectivity index (χ0n) is 19.5. The van der Waals surface area contributed by atoms with Crippen molar-refractivity contribution in [3.05, 3.63) is 53.6 Å². The first-order chi connectivity index (χ1) is 15.9. The average molecular weight is 490 g/mol. The number of aromatic hydroxyl groups is 1. The van der Waals surface area contributed by atoms with Gasteiger partial charge in [-0.15, -0.1) is 0 Å². The van der Waals surface area contributed by atoms with Crippen LogP contribution in [-0.2, 0) is 20.4 Å². The number of benzene rings is 2. The van der Waals surface area contributed by atoms with Crippen LogP contribution in [0.3, 0.4) is 0 Å². The number of para-hydroxylation sites is 1. The molecule has 1 atom stereocenters. The lowest BCUT2D eigenvalue weighted by Gasteiger charge is -2.36. The molecule has 1 saturated carbocycles. The second-order valence-electron chi connectivity index (χ2n) is 9.71. The largest absolute Gasteiger partial charge is 0.506 e. The summed E-state index contributed by atoms with van der Waals surface area (Å²) in [5, 5.41) is 23.9. The van der Waals surface area contributed by atoms with E-state index in [1.165, 1.54) is 18.2 Å². The van der Waals surface area contributed by atoms with Crippen molar-refractivity contribution in [2.24, 2.45) is 0 Å². The predicted octanol–water partition coefficient (Wildman–Crippen LogP) is 3.20. The molecule has 2 aromatic carbocycles. The van der Waals surface area contributed by atoms with Gasteiger partial charge in [-0.25, -0.2) is 13.2 Å². The Morgan fingerprint density at radius 1 is 1.21 bits per heavy atom. The van der Waals surface area contributed by atoms with E-state index in [1.54, 1.807) is 4.90 Å². The molecule has 2 aliphatic rings. The number of phenolic OH excluding ortho intramolecular Hbond substituents is 1. The van der Waals surface area contributed by atoms with Gasteiger partial charge in [-0.05, 0) is 56.9 Å². The number of ether oxygens (including phenoxy) is 1. The maximum atomic E-state index is 12.7. The fourth-order valence-electron chi connectivity index (χ4n) is 4.18. The first-order valence-corrected chi connectivity index (χ1v) is 13.1. The highest BCUT2D eigenvalue weighted by atomic mass is 32.2. The topological polar surface area (TPSA) is 128 Å². The lowest BCUT2D eigenvalue weighted by atomic mass is 9.97. The third kappa shape index (κ3) is 5.29. The minimum Gasteiger partial charge on any atom is -0.506 e. The number of rotatable bonds is 9. The first-order valence-electron chi connectivity index (χ1n) is 11.2. The van der Waals surface area contributed by atoms with E-state index in [0.717, 1.165) is 30.3 Å². The van der Waals surface area contributed by atoms with Crippen molar-refractivity contribution in [2.75, 3.05) is 29.0 Å². The summed E-state index contributed by atoms with van der Waals surface area (Å²) in [5.74, 6) is -0.226. The molecule has 2 aromatic rings. The van der Waals surface area contributed by atoms with Gasteiger partial charge in [-0.3, -0.25) is 9.62 Å². The highest BCUT2D eigenvalue weighted by Gasteiger charge is 2.54. The van der Waals surface area contributed by atoms with E-state index in [9.17, 15) is 23.4 Å². The SMILES string of the molecule is CC(C)(CCN1C(=O)OC2(CC2)c2ccccc21)NCC(O)c1ccc(O)c(NS(C)(=O)=O)c1. The second kappa shape index (κ2) is 8.75. The summed E-state index contributed by atoms with van der Waals surface area (Å²) in [6.45, 7) is 4.61. The summed E-state index contributed by atoms with van der Waals surface area (Å²) < 4.78 is 31.0. The third-order valence-corrected chi connectivity index (χ3v) is 6.92. The van der Waals surface area contributed by atoms with Gasteiger partial charge < -0.3 is 20.3 Å². The molecular formula is C24H31N3O6S. The lowest BCUT2D eigenvalue weighted by Crippen LogP contribution is -2.47. The Hall–Kier alpha value is -2.82. The third-order valence-electron chi connectivity index (χ3n) is 6.33. The van der Waals surface area contributed by atoms with E-state index in [0.29, 0.717) is 18.5 Å². The standard InChI is InChI=1S/C24H31N3O6S/c1-23(2,25-15-21(29)16-8-9-20(28)18(14-16)26-34(3,31)32)12-13-27-19-7-5-4-6-17(19)24(10-11-24)33-22(27)30/h4-9,14,21,25-26,28-29H,10-13,15H2,1-3H3. The van der Waals surface area contributed by atoms with Crippen LogP contribution in [0.1, 0.15) is 50.3 Å². The number of phenols is 1. The van der Waals surface area contributed by atoms with Gasteiger partial charge in [0.1, 0.15) is 11.4 Å². The Bertz CT molecular complexity index is 1190. The lowest BCUT2D eigenvalue weighted by molar-refractivity contribution is 0.0804. The molecule has 1 aliphatic carbocycles. The van der Waals surface area contributed by atoms with Gasteiger partial charge >= 0.3 is 6.09 Å². The Balaban J connectivity index is 1.38. The molecule has 10 heteroatoms. The van der Waals surface area contributed by atoms with Crippen LogP contribution < -0.4 is 14.9 Å². The average Bonchev–Trinajstić information content (AvgIpc) is 3.52. The van der Waals surface area contributed by atoms with E-state index in [-0.39, 0.29) is 24.1 Å². The van der Waals surface area contributed by atoms with Gasteiger partial charge in [-0.2, -0.15) is 0 Å². The molecule has 1 aliphatic heterocycles. The summed E-state index contributed by atoms with van der Waals surface area (Å²) in [6.07, 6.45) is 2.03. The van der Waals surface area contributed by atoms with Crippen molar-refractivity contribution in [2.45, 2.75) is 50.4 Å². The molecule has 4 rings (SSSR count). The molecule has 9 nitrogen and oxygen atoms in total. The maximum absolute atomic E-state index is 12.7. The molecule has 1 unspecified atom stereocenters. The van der Waals surface area contributed by atoms with Crippen LogP contribution in [0.2, 0.25) is 0 Å². The number of sulfonamides is 1. The molecule has 1 spiro atoms. The Kier molecular flexibility index (Phi) is 6.26. The highest BCUT2D eigenvalue weighted by Crippen LogP contribution is 2.55. The number of β-amino-alcohol motifs (C(OH)–C–C–N with tert-alkyl or cyclic N) is 1. The molecule has 1 amide bonds. The smallest absolute Gasteiger partial charge is 0.415 e. The van der Waals surface area contributed by atoms with Crippen molar-refractivity contribution < 1.29 is 28.2 Å². The fourth-order valence-corrected chi connectivity index (χ4v) is 4.74. The van der Waals surface area contributed by atoms with E-state index in [1.807, 2.05) is 38.1 Å². The number of aliphatic hydroxyl groups excluding tert-OH is 1. The molecule has 0 radical (unpaired) electrons. The molecule has 1 heterocycles. The molecular weight excluding hydrogens is 458 g/mol. The summed E-state index contributed by atoms with van der Waals surface area (Å²) in [5.41, 5.74) is 1.54. The molecule has 1 fully saturated rings. The number of hydrogen-bond acceptors (Lipinski definition) is 7. The van der Waals surface area contributed by atoms with Crippen LogP contribution in [0, 0.1) is 0 Å². The van der Waals surface area contributed by atoms with Gasteiger partial charge in [0.15, 0.2) is 0 Å². The number of fused-ring (bicyclic) bond motifs is 2. The number of nitrogens with zero attached hydrogens (tertiary/aromatic N) is 1. The number of anilines is 2. The number of carbonyl (C=O) groups is 1. The first kappa shape index (κ1) is 24.3. The van der Waals surface area contributed by atoms with E-state index < -0.39 is 27.3 Å². The normalized spacial score (nSPS) is 17.8. The zero-order valence-corrected chi connectivity index (χ0v) is 20.4. The van der Waals surface area contributed by atoms with E-state index >= 15 is 0 Å². The van der Waals surface area contributed by atoms with Gasteiger partial charge in [0.25, 0.3) is 0 Å². The number of hydrogen-bond donors (Lipinski definition) is 4. The molecule has 0 aromatic heterocycles. The summed E-state index contributed by atoms with van der Waals surface area (Å²) >= 11 is 0. The Morgan fingerprint density at radius 3 is 2.59 bits per heavy atom. The van der Waals surface area contributed by atoms with Crippen molar-refractivity contribution in [1.82, 2.24) is 5.32 Å². The molecule has 4 N–H and O–H groups in total. The van der Waals surface area contributed by atoms with Gasteiger partial charge in [0.05, 0.1) is 23.7 Å². The Morgan fingerprint density at radius 2 is 1.91 bits per heavy atom. The van der Waals surface area contributed by atoms with Crippen LogP contribution in [0.15, 0.2) is 42.5 Å². The summed E-state index contributed by atoms with van der Waals surface area (Å²) in [7, 11) is -3.57. The van der Waals surface area contributed by atoms with Crippen molar-refractivity contribution in [3.63, 3.8) is 0 Å². The van der Waals surface area contributed by atoms with Gasteiger partial charge in [0, 0.05) is 24.2 Å². The van der Waals surface area contributed by atoms with Crippen LogP contribution in [0.4, 0.5) is 16.2 Å². The monoisotopic (exact) mass is 489 g/mol. The van der Waals surface area contributed by atoms with Crippen LogP contribution in [0.5, 0.6) is 5.75 Å². The molecule has 0 bridgehead atoms. The summed E-state index contributed by atoms with van der Waals surface area (Å²) in [4.78, 5) is 14.4. The van der Waals surface area contributed by atoms with Crippen LogP contribution >= 0.6 is 0 Å². The zero-order chi connectivity index (χ0) is 24.7. The van der Waals surface area contributed by atoms with Gasteiger partial charge in [-0.1, -0.05) is 24.3 Å². The second-order valence-corrected chi connectivity index (χ2v) is 11.5. The Labute approximate surface area is 199 Å². The predicted molar refractivity (Wildman–Crippen MR) is 129 cm³/mol. The van der Waals surface area contributed by atoms with Gasteiger partial charge in [0.2, 0.25) is 10.0 Å². The van der Waals surface area contributed by atoms with E-state index in [2.05, 4.69) is 10.0 Å². The van der Waals surface area contributed by atoms with Crippen molar-refractivity contribution in [3.8, 4) is 5.75 Å². The van der Waals surface area contributed by atoms with E-state index in [4.69, 9.17) is 4.74 Å².